The maximum absolute atomic E-state index is 13.8. The molecule has 1 aliphatic rings. The van der Waals surface area contributed by atoms with Crippen LogP contribution in [0, 0.1) is 11.2 Å². The molecule has 17 heavy (non-hydrogen) atoms. The fourth-order valence-electron chi connectivity index (χ4n) is 2.86. The van der Waals surface area contributed by atoms with Gasteiger partial charge in [0.1, 0.15) is 5.82 Å². The Kier molecular flexibility index (Phi) is 3.74. The molecule has 0 saturated heterocycles. The summed E-state index contributed by atoms with van der Waals surface area (Å²) in [7, 11) is 1.99. The molecule has 2 unspecified atom stereocenters. The fraction of sp³-hybridized carbons (Fsp3) is 0.571. The van der Waals surface area contributed by atoms with Crippen LogP contribution >= 0.6 is 11.6 Å². The Bertz CT molecular complexity index is 387. The Morgan fingerprint density at radius 1 is 1.53 bits per heavy atom. The number of benzene rings is 1. The van der Waals surface area contributed by atoms with E-state index in [0.29, 0.717) is 16.6 Å². The molecule has 3 heteroatoms. The SMILES string of the molecule is CNC1CCC(C)(Cc2c(F)cccc2Cl)C1. The zero-order chi connectivity index (χ0) is 12.5. The normalized spacial score (nSPS) is 28.6. The molecule has 0 radical (unpaired) electrons. The van der Waals surface area contributed by atoms with E-state index in [0.717, 1.165) is 19.3 Å². The third-order valence-corrected chi connectivity index (χ3v) is 4.26. The lowest BCUT2D eigenvalue weighted by Gasteiger charge is -2.25. The lowest BCUT2D eigenvalue weighted by atomic mass is 9.82. The minimum absolute atomic E-state index is 0.166. The molecule has 1 saturated carbocycles. The molecule has 1 fully saturated rings. The molecular weight excluding hydrogens is 237 g/mol. The third-order valence-electron chi connectivity index (χ3n) is 3.91. The molecule has 0 spiro atoms. The maximum atomic E-state index is 13.8. The minimum atomic E-state index is -0.174. The van der Waals surface area contributed by atoms with Gasteiger partial charge in [0, 0.05) is 16.6 Å². The van der Waals surface area contributed by atoms with E-state index in [1.807, 2.05) is 7.05 Å². The second-order valence-electron chi connectivity index (χ2n) is 5.42. The highest BCUT2D eigenvalue weighted by molar-refractivity contribution is 6.31. The molecule has 94 valence electrons. The number of nitrogens with one attached hydrogen (secondary N) is 1. The van der Waals surface area contributed by atoms with E-state index in [4.69, 9.17) is 11.6 Å². The fourth-order valence-corrected chi connectivity index (χ4v) is 3.09. The Labute approximate surface area is 107 Å². The largest absolute Gasteiger partial charge is 0.317 e. The molecule has 0 aliphatic heterocycles. The lowest BCUT2D eigenvalue weighted by Crippen LogP contribution is -2.25. The van der Waals surface area contributed by atoms with Gasteiger partial charge in [0.25, 0.3) is 0 Å². The Hall–Kier alpha value is -0.600. The van der Waals surface area contributed by atoms with Crippen molar-refractivity contribution in [3.8, 4) is 0 Å². The van der Waals surface area contributed by atoms with Crippen molar-refractivity contribution >= 4 is 11.6 Å². The summed E-state index contributed by atoms with van der Waals surface area (Å²) in [5.74, 6) is -0.174. The summed E-state index contributed by atoms with van der Waals surface area (Å²) in [4.78, 5) is 0. The van der Waals surface area contributed by atoms with Gasteiger partial charge in [0.15, 0.2) is 0 Å². The smallest absolute Gasteiger partial charge is 0.127 e. The van der Waals surface area contributed by atoms with E-state index in [-0.39, 0.29) is 11.2 Å². The van der Waals surface area contributed by atoms with E-state index in [1.165, 1.54) is 12.5 Å². The molecule has 1 nitrogen and oxygen atoms in total. The summed E-state index contributed by atoms with van der Waals surface area (Å²) in [6.45, 7) is 2.23. The average Bonchev–Trinajstić information content (AvgIpc) is 2.66. The average molecular weight is 256 g/mol. The van der Waals surface area contributed by atoms with Crippen LogP contribution in [0.5, 0.6) is 0 Å². The zero-order valence-corrected chi connectivity index (χ0v) is 11.1. The highest BCUT2D eigenvalue weighted by Gasteiger charge is 2.35. The zero-order valence-electron chi connectivity index (χ0n) is 10.4. The first-order valence-corrected chi connectivity index (χ1v) is 6.52. The maximum Gasteiger partial charge on any atom is 0.127 e. The van der Waals surface area contributed by atoms with Crippen LogP contribution in [0.15, 0.2) is 18.2 Å². The van der Waals surface area contributed by atoms with Gasteiger partial charge in [-0.15, -0.1) is 0 Å². The third kappa shape index (κ3) is 2.80. The van der Waals surface area contributed by atoms with Gasteiger partial charge >= 0.3 is 0 Å². The first-order chi connectivity index (χ1) is 8.04. The molecule has 2 atom stereocenters. The summed E-state index contributed by atoms with van der Waals surface area (Å²) in [5, 5.41) is 3.86. The molecular formula is C14H19ClFN. The molecule has 2 rings (SSSR count). The molecule has 1 aromatic carbocycles. The first-order valence-electron chi connectivity index (χ1n) is 6.14. The van der Waals surface area contributed by atoms with Crippen molar-refractivity contribution < 1.29 is 4.39 Å². The second-order valence-corrected chi connectivity index (χ2v) is 5.82. The Morgan fingerprint density at radius 2 is 2.29 bits per heavy atom. The van der Waals surface area contributed by atoms with Crippen molar-refractivity contribution in [1.29, 1.82) is 0 Å². The Balaban J connectivity index is 2.16. The first kappa shape index (κ1) is 12.8. The van der Waals surface area contributed by atoms with Gasteiger partial charge in [0.05, 0.1) is 0 Å². The van der Waals surface area contributed by atoms with Gasteiger partial charge in [0.2, 0.25) is 0 Å². The van der Waals surface area contributed by atoms with E-state index >= 15 is 0 Å². The quantitative estimate of drug-likeness (QED) is 0.866. The van der Waals surface area contributed by atoms with Gasteiger partial charge in [-0.1, -0.05) is 24.6 Å². The number of halogens is 2. The molecule has 0 bridgehead atoms. The van der Waals surface area contributed by atoms with Crippen molar-refractivity contribution in [2.45, 2.75) is 38.6 Å². The van der Waals surface area contributed by atoms with Crippen LogP contribution in [0.4, 0.5) is 4.39 Å². The molecule has 1 N–H and O–H groups in total. The van der Waals surface area contributed by atoms with Gasteiger partial charge < -0.3 is 5.32 Å². The van der Waals surface area contributed by atoms with Crippen LogP contribution < -0.4 is 5.32 Å². The Morgan fingerprint density at radius 3 is 2.88 bits per heavy atom. The molecule has 0 aromatic heterocycles. The van der Waals surface area contributed by atoms with E-state index < -0.39 is 0 Å². The van der Waals surface area contributed by atoms with Gasteiger partial charge in [-0.25, -0.2) is 4.39 Å². The summed E-state index contributed by atoms with van der Waals surface area (Å²) in [6.07, 6.45) is 4.12. The van der Waals surface area contributed by atoms with E-state index in [1.54, 1.807) is 12.1 Å². The van der Waals surface area contributed by atoms with Gasteiger partial charge in [-0.05, 0) is 50.3 Å². The van der Waals surface area contributed by atoms with Crippen LogP contribution in [-0.2, 0) is 6.42 Å². The topological polar surface area (TPSA) is 12.0 Å². The predicted octanol–water partition coefficient (Wildman–Crippen LogP) is 3.80. The monoisotopic (exact) mass is 255 g/mol. The van der Waals surface area contributed by atoms with Crippen LogP contribution in [0.25, 0.3) is 0 Å². The van der Waals surface area contributed by atoms with Crippen molar-refractivity contribution in [1.82, 2.24) is 5.32 Å². The minimum Gasteiger partial charge on any atom is -0.317 e. The van der Waals surface area contributed by atoms with Crippen molar-refractivity contribution in [2.75, 3.05) is 7.05 Å². The summed E-state index contributed by atoms with van der Waals surface area (Å²) in [5.41, 5.74) is 0.841. The van der Waals surface area contributed by atoms with Crippen molar-refractivity contribution in [3.05, 3.63) is 34.6 Å². The standard InChI is InChI=1S/C14H19ClFN/c1-14(7-6-10(8-14)17-2)9-11-12(15)4-3-5-13(11)16/h3-5,10,17H,6-9H2,1-2H3. The molecule has 0 heterocycles. The molecule has 1 aliphatic carbocycles. The van der Waals surface area contributed by atoms with Crippen LogP contribution in [0.3, 0.4) is 0 Å². The van der Waals surface area contributed by atoms with Gasteiger partial charge in [-0.2, -0.15) is 0 Å². The van der Waals surface area contributed by atoms with Crippen LogP contribution in [0.1, 0.15) is 31.7 Å². The van der Waals surface area contributed by atoms with Crippen molar-refractivity contribution in [3.63, 3.8) is 0 Å². The number of hydrogen-bond acceptors (Lipinski definition) is 1. The number of hydrogen-bond donors (Lipinski definition) is 1. The number of rotatable bonds is 3. The van der Waals surface area contributed by atoms with E-state index in [9.17, 15) is 4.39 Å². The van der Waals surface area contributed by atoms with Crippen LogP contribution in [0.2, 0.25) is 5.02 Å². The summed E-state index contributed by atoms with van der Waals surface area (Å²) < 4.78 is 13.8. The van der Waals surface area contributed by atoms with Crippen LogP contribution in [-0.4, -0.2) is 13.1 Å². The summed E-state index contributed by atoms with van der Waals surface area (Å²) >= 11 is 6.08. The van der Waals surface area contributed by atoms with E-state index in [2.05, 4.69) is 12.2 Å². The predicted molar refractivity (Wildman–Crippen MR) is 69.9 cm³/mol. The lowest BCUT2D eigenvalue weighted by molar-refractivity contribution is 0.320. The second kappa shape index (κ2) is 4.95. The van der Waals surface area contributed by atoms with Gasteiger partial charge in [-0.3, -0.25) is 0 Å². The summed E-state index contributed by atoms with van der Waals surface area (Å²) in [6, 6.07) is 5.49. The highest BCUT2D eigenvalue weighted by Crippen LogP contribution is 2.42. The molecule has 0 amide bonds. The molecule has 1 aromatic rings. The highest BCUT2D eigenvalue weighted by atomic mass is 35.5. The van der Waals surface area contributed by atoms with Crippen molar-refractivity contribution in [2.24, 2.45) is 5.41 Å².